The fraction of sp³-hybridized carbons (Fsp3) is 0.600. The largest absolute Gasteiger partial charge is 0.452 e. The number of nitrogens with zero attached hydrogens (tertiary/aromatic N) is 2. The molecule has 9 heavy (non-hydrogen) atoms. The van der Waals surface area contributed by atoms with Crippen LogP contribution < -0.4 is 4.74 Å². The Morgan fingerprint density at radius 2 is 2.44 bits per heavy atom. The van der Waals surface area contributed by atoms with Crippen molar-refractivity contribution in [3.8, 4) is 6.08 Å². The standard InChI is InChI=1S/C5H8N2O2/c1-3-4-6-5(8-2)9-7-4/h3H2,1-2H3. The zero-order chi connectivity index (χ0) is 6.69. The van der Waals surface area contributed by atoms with E-state index in [1.165, 1.54) is 7.11 Å². The Balaban J connectivity index is 2.74. The number of aryl methyl sites for hydroxylation is 1. The maximum atomic E-state index is 4.66. The highest BCUT2D eigenvalue weighted by atomic mass is 16.6. The SMILES string of the molecule is CCc1noc(OC)n1. The number of ether oxygens (including phenoxy) is 1. The van der Waals surface area contributed by atoms with Crippen molar-refractivity contribution >= 4 is 0 Å². The molecule has 0 radical (unpaired) electrons. The third-order valence-electron chi connectivity index (χ3n) is 0.940. The molecular weight excluding hydrogens is 120 g/mol. The molecule has 0 aliphatic heterocycles. The number of rotatable bonds is 2. The van der Waals surface area contributed by atoms with E-state index in [2.05, 4.69) is 19.4 Å². The third-order valence-corrected chi connectivity index (χ3v) is 0.940. The molecule has 0 saturated carbocycles. The van der Waals surface area contributed by atoms with Gasteiger partial charge < -0.3 is 4.74 Å². The summed E-state index contributed by atoms with van der Waals surface area (Å²) in [5.41, 5.74) is 0. The molecule has 0 aliphatic rings. The van der Waals surface area contributed by atoms with Crippen molar-refractivity contribution < 1.29 is 9.26 Å². The van der Waals surface area contributed by atoms with Gasteiger partial charge in [-0.2, -0.15) is 4.98 Å². The van der Waals surface area contributed by atoms with Gasteiger partial charge in [-0.15, -0.1) is 0 Å². The van der Waals surface area contributed by atoms with E-state index in [9.17, 15) is 0 Å². The maximum Gasteiger partial charge on any atom is 0.417 e. The van der Waals surface area contributed by atoms with Crippen molar-refractivity contribution in [2.45, 2.75) is 13.3 Å². The summed E-state index contributed by atoms with van der Waals surface area (Å²) in [6.07, 6.45) is 0.999. The summed E-state index contributed by atoms with van der Waals surface area (Å²) >= 11 is 0. The first kappa shape index (κ1) is 6.07. The molecule has 0 aliphatic carbocycles. The Hall–Kier alpha value is -1.06. The van der Waals surface area contributed by atoms with Gasteiger partial charge in [0.15, 0.2) is 5.82 Å². The summed E-state index contributed by atoms with van der Waals surface area (Å²) in [6.45, 7) is 1.95. The highest BCUT2D eigenvalue weighted by molar-refractivity contribution is 4.88. The molecule has 0 unspecified atom stereocenters. The first-order valence-electron chi connectivity index (χ1n) is 2.73. The van der Waals surface area contributed by atoms with Gasteiger partial charge in [-0.3, -0.25) is 4.52 Å². The van der Waals surface area contributed by atoms with Crippen LogP contribution >= 0.6 is 0 Å². The second-order valence-corrected chi connectivity index (χ2v) is 1.53. The predicted molar refractivity (Wildman–Crippen MR) is 30.2 cm³/mol. The predicted octanol–water partition coefficient (Wildman–Crippen LogP) is 0.641. The Morgan fingerprint density at radius 3 is 2.78 bits per heavy atom. The molecule has 1 aromatic rings. The monoisotopic (exact) mass is 128 g/mol. The lowest BCUT2D eigenvalue weighted by atomic mass is 10.5. The minimum absolute atomic E-state index is 0.229. The van der Waals surface area contributed by atoms with Crippen LogP contribution in [0.5, 0.6) is 6.08 Å². The van der Waals surface area contributed by atoms with E-state index in [0.29, 0.717) is 5.82 Å². The average Bonchev–Trinajstić information content (AvgIpc) is 2.34. The zero-order valence-electron chi connectivity index (χ0n) is 5.42. The third kappa shape index (κ3) is 1.19. The smallest absolute Gasteiger partial charge is 0.417 e. The van der Waals surface area contributed by atoms with Crippen LogP contribution in [0.4, 0.5) is 0 Å². The van der Waals surface area contributed by atoms with Crippen molar-refractivity contribution in [3.63, 3.8) is 0 Å². The molecule has 0 amide bonds. The fourth-order valence-corrected chi connectivity index (χ4v) is 0.464. The van der Waals surface area contributed by atoms with Crippen molar-refractivity contribution in [1.82, 2.24) is 10.1 Å². The maximum absolute atomic E-state index is 4.66. The van der Waals surface area contributed by atoms with Crippen LogP contribution in [0, 0.1) is 0 Å². The molecule has 0 N–H and O–H groups in total. The average molecular weight is 128 g/mol. The van der Waals surface area contributed by atoms with E-state index in [1.807, 2.05) is 6.92 Å². The molecule has 4 nitrogen and oxygen atoms in total. The van der Waals surface area contributed by atoms with E-state index in [0.717, 1.165) is 6.42 Å². The second-order valence-electron chi connectivity index (χ2n) is 1.53. The molecule has 0 atom stereocenters. The van der Waals surface area contributed by atoms with Gasteiger partial charge in [0.05, 0.1) is 7.11 Å². The van der Waals surface area contributed by atoms with Crippen molar-refractivity contribution in [3.05, 3.63) is 5.82 Å². The molecule has 0 aromatic carbocycles. The van der Waals surface area contributed by atoms with E-state index < -0.39 is 0 Å². The highest BCUT2D eigenvalue weighted by Crippen LogP contribution is 2.04. The summed E-state index contributed by atoms with van der Waals surface area (Å²) in [6, 6.07) is 0. The van der Waals surface area contributed by atoms with Gasteiger partial charge in [-0.1, -0.05) is 12.1 Å². The minimum Gasteiger partial charge on any atom is -0.452 e. The van der Waals surface area contributed by atoms with Gasteiger partial charge in [-0.05, 0) is 0 Å². The van der Waals surface area contributed by atoms with Crippen LogP contribution in [0.25, 0.3) is 0 Å². The highest BCUT2D eigenvalue weighted by Gasteiger charge is 2.00. The van der Waals surface area contributed by atoms with Crippen molar-refractivity contribution in [1.29, 1.82) is 0 Å². The summed E-state index contributed by atoms with van der Waals surface area (Å²) in [5, 5.41) is 3.59. The Bertz CT molecular complexity index is 166. The topological polar surface area (TPSA) is 48.2 Å². The van der Waals surface area contributed by atoms with Crippen molar-refractivity contribution in [2.75, 3.05) is 7.11 Å². The Morgan fingerprint density at radius 1 is 1.67 bits per heavy atom. The lowest BCUT2D eigenvalue weighted by Gasteiger charge is -1.82. The van der Waals surface area contributed by atoms with Gasteiger partial charge in [0, 0.05) is 6.42 Å². The van der Waals surface area contributed by atoms with Crippen LogP contribution in [0.15, 0.2) is 4.52 Å². The molecule has 0 fully saturated rings. The van der Waals surface area contributed by atoms with Crippen molar-refractivity contribution in [2.24, 2.45) is 0 Å². The Kier molecular flexibility index (Phi) is 1.67. The van der Waals surface area contributed by atoms with Crippen LogP contribution in [0.1, 0.15) is 12.7 Å². The van der Waals surface area contributed by atoms with Gasteiger partial charge in [-0.25, -0.2) is 0 Å². The van der Waals surface area contributed by atoms with Crippen LogP contribution in [-0.4, -0.2) is 17.3 Å². The lowest BCUT2D eigenvalue weighted by molar-refractivity contribution is 0.250. The molecule has 50 valence electrons. The van der Waals surface area contributed by atoms with Gasteiger partial charge in [0.25, 0.3) is 0 Å². The molecular formula is C5H8N2O2. The lowest BCUT2D eigenvalue weighted by Crippen LogP contribution is -1.83. The van der Waals surface area contributed by atoms with E-state index in [1.54, 1.807) is 0 Å². The molecule has 0 spiro atoms. The normalized spacial score (nSPS) is 9.56. The van der Waals surface area contributed by atoms with Crippen LogP contribution in [0.3, 0.4) is 0 Å². The number of hydrogen-bond acceptors (Lipinski definition) is 4. The summed E-state index contributed by atoms with van der Waals surface area (Å²) in [4.78, 5) is 3.85. The minimum atomic E-state index is 0.229. The first-order chi connectivity index (χ1) is 4.36. The van der Waals surface area contributed by atoms with E-state index in [-0.39, 0.29) is 6.08 Å². The molecule has 0 saturated heterocycles. The van der Waals surface area contributed by atoms with Crippen LogP contribution in [0.2, 0.25) is 0 Å². The quantitative estimate of drug-likeness (QED) is 0.586. The van der Waals surface area contributed by atoms with Crippen LogP contribution in [-0.2, 0) is 6.42 Å². The summed E-state index contributed by atoms with van der Waals surface area (Å²) < 4.78 is 9.28. The fourth-order valence-electron chi connectivity index (χ4n) is 0.464. The van der Waals surface area contributed by atoms with Gasteiger partial charge >= 0.3 is 6.08 Å². The zero-order valence-corrected chi connectivity index (χ0v) is 5.42. The summed E-state index contributed by atoms with van der Waals surface area (Å²) in [7, 11) is 1.49. The van der Waals surface area contributed by atoms with E-state index >= 15 is 0 Å². The first-order valence-corrected chi connectivity index (χ1v) is 2.73. The summed E-state index contributed by atoms with van der Waals surface area (Å²) in [5.74, 6) is 0.673. The van der Waals surface area contributed by atoms with Gasteiger partial charge in [0.2, 0.25) is 0 Å². The van der Waals surface area contributed by atoms with E-state index in [4.69, 9.17) is 0 Å². The number of methoxy groups -OCH3 is 1. The van der Waals surface area contributed by atoms with Gasteiger partial charge in [0.1, 0.15) is 0 Å². The molecule has 1 rings (SSSR count). The second kappa shape index (κ2) is 2.48. The molecule has 4 heteroatoms. The Labute approximate surface area is 52.8 Å². The number of hydrogen-bond donors (Lipinski definition) is 0. The molecule has 1 aromatic heterocycles. The molecule has 1 heterocycles. The molecule has 0 bridgehead atoms. The number of aromatic nitrogens is 2.